The molecule has 0 fully saturated rings. The van der Waals surface area contributed by atoms with Crippen molar-refractivity contribution in [1.29, 1.82) is 0 Å². The standard InChI is InChI=1S/C56H36N4O3S/c61-64(62,63)44-16-10-13-39(32-44)40-27-29-46-47(33-40)53(36-22-24-37(25-23-36)56-59-51-19-8-9-20-52(51)60(56)43-14-2-1-3-15-43)45-30-28-42(55-57-49-17-6-7-18-50(49)58-55)34-48(45)54(46)41-26-21-35-11-4-5-12-38(35)31-41/h1-34H,(H,57,58)(H,61,62,63). The van der Waals surface area contributed by atoms with E-state index in [1.165, 1.54) is 12.1 Å². The zero-order chi connectivity index (χ0) is 42.9. The summed E-state index contributed by atoms with van der Waals surface area (Å²) in [6.07, 6.45) is 0. The molecule has 2 N–H and O–H groups in total. The molecule has 12 aromatic rings. The molecule has 0 saturated carbocycles. The molecule has 0 spiro atoms. The summed E-state index contributed by atoms with van der Waals surface area (Å²) in [5, 5.41) is 6.42. The molecule has 0 atom stereocenters. The van der Waals surface area contributed by atoms with Crippen molar-refractivity contribution in [3.63, 3.8) is 0 Å². The van der Waals surface area contributed by atoms with E-state index in [2.05, 4.69) is 125 Å². The Labute approximate surface area is 368 Å². The van der Waals surface area contributed by atoms with Crippen LogP contribution in [0.25, 0.3) is 116 Å². The van der Waals surface area contributed by atoms with Gasteiger partial charge in [-0.2, -0.15) is 8.42 Å². The lowest BCUT2D eigenvalue weighted by molar-refractivity contribution is 0.483. The Morgan fingerprint density at radius 3 is 1.83 bits per heavy atom. The van der Waals surface area contributed by atoms with Crippen molar-refractivity contribution >= 4 is 64.5 Å². The Kier molecular flexibility index (Phi) is 8.65. The molecule has 2 aromatic heterocycles. The zero-order valence-electron chi connectivity index (χ0n) is 34.1. The van der Waals surface area contributed by atoms with Gasteiger partial charge in [0.1, 0.15) is 11.6 Å². The van der Waals surface area contributed by atoms with Crippen LogP contribution in [0, 0.1) is 0 Å². The number of nitrogens with one attached hydrogen (secondary N) is 1. The summed E-state index contributed by atoms with van der Waals surface area (Å²) in [6, 6.07) is 69.6. The van der Waals surface area contributed by atoms with Gasteiger partial charge in [-0.25, -0.2) is 9.97 Å². The molecule has 304 valence electrons. The van der Waals surface area contributed by atoms with Gasteiger partial charge in [0.2, 0.25) is 0 Å². The molecule has 8 heteroatoms. The fourth-order valence-electron chi connectivity index (χ4n) is 9.29. The van der Waals surface area contributed by atoms with E-state index < -0.39 is 10.1 Å². The first-order valence-electron chi connectivity index (χ1n) is 21.0. The maximum atomic E-state index is 12.3. The summed E-state index contributed by atoms with van der Waals surface area (Å²) < 4.78 is 36.9. The third kappa shape index (κ3) is 6.35. The Balaban J connectivity index is 1.14. The summed E-state index contributed by atoms with van der Waals surface area (Å²) in [7, 11) is -4.42. The number of para-hydroxylation sites is 5. The van der Waals surface area contributed by atoms with Crippen molar-refractivity contribution < 1.29 is 13.0 Å². The van der Waals surface area contributed by atoms with Gasteiger partial charge >= 0.3 is 0 Å². The summed E-state index contributed by atoms with van der Waals surface area (Å²) in [4.78, 5) is 13.5. The van der Waals surface area contributed by atoms with Crippen LogP contribution in [0.5, 0.6) is 0 Å². The number of imidazole rings is 2. The number of aromatic amines is 1. The molecule has 0 radical (unpaired) electrons. The smallest absolute Gasteiger partial charge is 0.294 e. The van der Waals surface area contributed by atoms with Crippen LogP contribution in [0.4, 0.5) is 0 Å². The number of fused-ring (bicyclic) bond motifs is 5. The van der Waals surface area contributed by atoms with Crippen LogP contribution < -0.4 is 0 Å². The van der Waals surface area contributed by atoms with Crippen LogP contribution in [0.2, 0.25) is 0 Å². The van der Waals surface area contributed by atoms with Crippen molar-refractivity contribution in [3.05, 3.63) is 206 Å². The van der Waals surface area contributed by atoms with Crippen molar-refractivity contribution in [3.8, 4) is 61.8 Å². The van der Waals surface area contributed by atoms with Gasteiger partial charge in [-0.05, 0) is 132 Å². The molecule has 0 unspecified atom stereocenters. The Morgan fingerprint density at radius 1 is 0.438 bits per heavy atom. The van der Waals surface area contributed by atoms with E-state index in [1.807, 2.05) is 72.8 Å². The minimum atomic E-state index is -4.42. The van der Waals surface area contributed by atoms with Gasteiger partial charge in [-0.3, -0.25) is 9.12 Å². The maximum absolute atomic E-state index is 12.3. The Hall–Kier alpha value is -8.17. The number of nitrogens with zero attached hydrogens (tertiary/aromatic N) is 3. The fourth-order valence-corrected chi connectivity index (χ4v) is 9.82. The number of hydrogen-bond donors (Lipinski definition) is 2. The van der Waals surface area contributed by atoms with Crippen molar-refractivity contribution in [1.82, 2.24) is 19.5 Å². The highest BCUT2D eigenvalue weighted by molar-refractivity contribution is 7.85. The minimum absolute atomic E-state index is 0.157. The first-order chi connectivity index (χ1) is 31.3. The van der Waals surface area contributed by atoms with E-state index in [4.69, 9.17) is 9.97 Å². The number of benzene rings is 10. The molecule has 0 aliphatic heterocycles. The topological polar surface area (TPSA) is 101 Å². The molecule has 12 rings (SSSR count). The molecule has 10 aromatic carbocycles. The van der Waals surface area contributed by atoms with E-state index in [0.717, 1.165) is 111 Å². The van der Waals surface area contributed by atoms with Gasteiger partial charge in [0.05, 0.1) is 27.0 Å². The van der Waals surface area contributed by atoms with Crippen LogP contribution in [0.15, 0.2) is 211 Å². The molecular formula is C56H36N4O3S. The third-order valence-corrected chi connectivity index (χ3v) is 13.1. The lowest BCUT2D eigenvalue weighted by atomic mass is 9.83. The van der Waals surface area contributed by atoms with Crippen LogP contribution in [0.1, 0.15) is 0 Å². The van der Waals surface area contributed by atoms with Crippen LogP contribution in [0.3, 0.4) is 0 Å². The first-order valence-corrected chi connectivity index (χ1v) is 22.5. The molecule has 0 aliphatic carbocycles. The average molecular weight is 845 g/mol. The summed E-state index contributed by atoms with van der Waals surface area (Å²) in [5.74, 6) is 1.63. The van der Waals surface area contributed by atoms with Gasteiger partial charge in [0.15, 0.2) is 0 Å². The predicted octanol–water partition coefficient (Wildman–Crippen LogP) is 13.9. The van der Waals surface area contributed by atoms with Crippen molar-refractivity contribution in [2.75, 3.05) is 0 Å². The average Bonchev–Trinajstić information content (AvgIpc) is 3.96. The van der Waals surface area contributed by atoms with E-state index in [-0.39, 0.29) is 4.90 Å². The number of rotatable bonds is 7. The molecule has 7 nitrogen and oxygen atoms in total. The molecule has 0 saturated heterocycles. The highest BCUT2D eigenvalue weighted by Gasteiger charge is 2.21. The zero-order valence-corrected chi connectivity index (χ0v) is 35.0. The highest BCUT2D eigenvalue weighted by Crippen LogP contribution is 2.47. The van der Waals surface area contributed by atoms with Gasteiger partial charge in [-0.1, -0.05) is 140 Å². The second kappa shape index (κ2) is 14.7. The number of hydrogen-bond acceptors (Lipinski definition) is 4. The monoisotopic (exact) mass is 844 g/mol. The number of H-pyrrole nitrogens is 1. The van der Waals surface area contributed by atoms with Crippen LogP contribution in [-0.2, 0) is 10.1 Å². The maximum Gasteiger partial charge on any atom is 0.294 e. The second-order valence-electron chi connectivity index (χ2n) is 16.1. The second-order valence-corrected chi connectivity index (χ2v) is 17.5. The summed E-state index contributed by atoms with van der Waals surface area (Å²) in [6.45, 7) is 0. The van der Waals surface area contributed by atoms with Gasteiger partial charge in [-0.15, -0.1) is 0 Å². The van der Waals surface area contributed by atoms with Crippen LogP contribution >= 0.6 is 0 Å². The van der Waals surface area contributed by atoms with Crippen molar-refractivity contribution in [2.45, 2.75) is 4.90 Å². The fraction of sp³-hybridized carbons (Fsp3) is 0. The minimum Gasteiger partial charge on any atom is -0.338 e. The number of aromatic nitrogens is 4. The molecule has 0 bridgehead atoms. The molecular weight excluding hydrogens is 809 g/mol. The molecule has 2 heterocycles. The van der Waals surface area contributed by atoms with E-state index >= 15 is 0 Å². The van der Waals surface area contributed by atoms with E-state index in [1.54, 1.807) is 6.07 Å². The highest BCUT2D eigenvalue weighted by atomic mass is 32.2. The normalized spacial score (nSPS) is 12.0. The van der Waals surface area contributed by atoms with Gasteiger partial charge < -0.3 is 4.98 Å². The third-order valence-electron chi connectivity index (χ3n) is 12.3. The first kappa shape index (κ1) is 37.6. The quantitative estimate of drug-likeness (QED) is 0.123. The van der Waals surface area contributed by atoms with Gasteiger partial charge in [0.25, 0.3) is 10.1 Å². The molecule has 64 heavy (non-hydrogen) atoms. The summed E-state index contributed by atoms with van der Waals surface area (Å²) >= 11 is 0. The Bertz CT molecular complexity index is 3900. The van der Waals surface area contributed by atoms with Crippen molar-refractivity contribution in [2.24, 2.45) is 0 Å². The lowest BCUT2D eigenvalue weighted by Gasteiger charge is -2.20. The van der Waals surface area contributed by atoms with Gasteiger partial charge in [0, 0.05) is 16.8 Å². The lowest BCUT2D eigenvalue weighted by Crippen LogP contribution is -1.98. The Morgan fingerprint density at radius 2 is 1.05 bits per heavy atom. The van der Waals surface area contributed by atoms with E-state index in [9.17, 15) is 13.0 Å². The molecule has 0 aliphatic rings. The van der Waals surface area contributed by atoms with E-state index in [0.29, 0.717) is 5.56 Å². The predicted molar refractivity (Wildman–Crippen MR) is 260 cm³/mol. The summed E-state index contributed by atoms with van der Waals surface area (Å²) in [5.41, 5.74) is 12.4. The molecule has 0 amide bonds. The SMILES string of the molecule is O=S(=O)(O)c1cccc(-c2ccc3c(-c4ccc5ccccc5c4)c4cc(-c5nc6ccccc6[nH]5)ccc4c(-c4ccc(-c5nc6ccccc6n5-c5ccccc5)cc4)c3c2)c1. The van der Waals surface area contributed by atoms with Crippen LogP contribution in [-0.4, -0.2) is 32.5 Å². The largest absolute Gasteiger partial charge is 0.338 e.